The van der Waals surface area contributed by atoms with E-state index in [-0.39, 0.29) is 12.1 Å². The van der Waals surface area contributed by atoms with Crippen LogP contribution in [0.2, 0.25) is 0 Å². The van der Waals surface area contributed by atoms with Crippen molar-refractivity contribution in [1.29, 1.82) is 0 Å². The van der Waals surface area contributed by atoms with Crippen molar-refractivity contribution in [3.05, 3.63) is 34.2 Å². The summed E-state index contributed by atoms with van der Waals surface area (Å²) in [5.41, 5.74) is 0.489. The van der Waals surface area contributed by atoms with Crippen LogP contribution in [0.15, 0.2) is 23.0 Å². The highest BCUT2D eigenvalue weighted by Gasteiger charge is 1.96. The van der Waals surface area contributed by atoms with Crippen LogP contribution in [0.25, 0.3) is 0 Å². The van der Waals surface area contributed by atoms with Crippen LogP contribution in [-0.4, -0.2) is 22.6 Å². The lowest BCUT2D eigenvalue weighted by Gasteiger charge is -2.00. The van der Waals surface area contributed by atoms with E-state index in [2.05, 4.69) is 10.3 Å². The maximum absolute atomic E-state index is 10.8. The summed E-state index contributed by atoms with van der Waals surface area (Å²) >= 11 is 0. The number of hydrogen-bond acceptors (Lipinski definition) is 3. The first-order valence-electron chi connectivity index (χ1n) is 3.79. The van der Waals surface area contributed by atoms with Crippen molar-refractivity contribution in [3.63, 3.8) is 0 Å². The second kappa shape index (κ2) is 4.42. The maximum atomic E-state index is 10.8. The highest BCUT2D eigenvalue weighted by molar-refractivity contribution is 5.68. The van der Waals surface area contributed by atoms with Crippen molar-refractivity contribution in [2.75, 3.05) is 6.54 Å². The standard InChI is InChI=1S/C8H10N2O3/c11-7-3-1-2-6(10-7)4-9-5-8(12)13/h1-3,9H,4-5H2,(H,10,11)(H,12,13). The van der Waals surface area contributed by atoms with E-state index in [0.29, 0.717) is 12.2 Å². The van der Waals surface area contributed by atoms with Gasteiger partial charge in [0, 0.05) is 18.3 Å². The summed E-state index contributed by atoms with van der Waals surface area (Å²) in [7, 11) is 0. The molecular formula is C8H10N2O3. The molecule has 13 heavy (non-hydrogen) atoms. The van der Waals surface area contributed by atoms with E-state index in [4.69, 9.17) is 5.11 Å². The van der Waals surface area contributed by atoms with Crippen LogP contribution in [0, 0.1) is 0 Å². The van der Waals surface area contributed by atoms with Crippen LogP contribution in [0.1, 0.15) is 5.69 Å². The quantitative estimate of drug-likeness (QED) is 0.589. The molecule has 5 nitrogen and oxygen atoms in total. The van der Waals surface area contributed by atoms with Crippen LogP contribution in [-0.2, 0) is 11.3 Å². The average Bonchev–Trinajstić information content (AvgIpc) is 2.03. The Bertz CT molecular complexity index is 345. The number of nitrogens with one attached hydrogen (secondary N) is 2. The molecule has 0 saturated carbocycles. The number of rotatable bonds is 4. The van der Waals surface area contributed by atoms with Crippen LogP contribution < -0.4 is 10.9 Å². The number of aromatic amines is 1. The minimum Gasteiger partial charge on any atom is -0.480 e. The molecule has 0 aliphatic rings. The van der Waals surface area contributed by atoms with Gasteiger partial charge in [-0.3, -0.25) is 9.59 Å². The number of H-pyrrole nitrogens is 1. The molecule has 0 fully saturated rings. The molecule has 1 aromatic rings. The lowest BCUT2D eigenvalue weighted by Crippen LogP contribution is -2.23. The third-order valence-electron chi connectivity index (χ3n) is 1.42. The molecule has 3 N–H and O–H groups in total. The lowest BCUT2D eigenvalue weighted by atomic mass is 10.3. The van der Waals surface area contributed by atoms with E-state index in [0.717, 1.165) is 0 Å². The van der Waals surface area contributed by atoms with Crippen molar-refractivity contribution in [2.24, 2.45) is 0 Å². The number of aliphatic carboxylic acids is 1. The van der Waals surface area contributed by atoms with Gasteiger partial charge < -0.3 is 15.4 Å². The highest BCUT2D eigenvalue weighted by atomic mass is 16.4. The third-order valence-corrected chi connectivity index (χ3v) is 1.42. The Balaban J connectivity index is 2.45. The van der Waals surface area contributed by atoms with Gasteiger partial charge in [0.05, 0.1) is 6.54 Å². The summed E-state index contributed by atoms with van der Waals surface area (Å²) < 4.78 is 0. The van der Waals surface area contributed by atoms with Crippen LogP contribution in [0.4, 0.5) is 0 Å². The molecule has 70 valence electrons. The van der Waals surface area contributed by atoms with E-state index in [1.165, 1.54) is 6.07 Å². The van der Waals surface area contributed by atoms with E-state index in [9.17, 15) is 9.59 Å². The van der Waals surface area contributed by atoms with Gasteiger partial charge in [-0.1, -0.05) is 6.07 Å². The monoisotopic (exact) mass is 182 g/mol. The average molecular weight is 182 g/mol. The molecule has 0 aromatic carbocycles. The molecule has 0 saturated heterocycles. The zero-order valence-corrected chi connectivity index (χ0v) is 6.91. The molecule has 0 spiro atoms. The fourth-order valence-electron chi connectivity index (χ4n) is 0.900. The van der Waals surface area contributed by atoms with Crippen molar-refractivity contribution in [2.45, 2.75) is 6.54 Å². The largest absolute Gasteiger partial charge is 0.480 e. The zero-order valence-electron chi connectivity index (χ0n) is 6.91. The minimum atomic E-state index is -0.918. The van der Waals surface area contributed by atoms with Crippen LogP contribution in [0.5, 0.6) is 0 Å². The smallest absolute Gasteiger partial charge is 0.317 e. The highest BCUT2D eigenvalue weighted by Crippen LogP contribution is 1.87. The Hall–Kier alpha value is -1.62. The Morgan fingerprint density at radius 3 is 2.92 bits per heavy atom. The number of carboxylic acid groups (broad SMARTS) is 1. The molecule has 1 heterocycles. The van der Waals surface area contributed by atoms with Gasteiger partial charge in [-0.15, -0.1) is 0 Å². The molecule has 1 rings (SSSR count). The second-order valence-corrected chi connectivity index (χ2v) is 2.54. The molecule has 5 heteroatoms. The number of hydrogen-bond donors (Lipinski definition) is 3. The first-order chi connectivity index (χ1) is 6.18. The number of pyridine rings is 1. The molecule has 1 aromatic heterocycles. The van der Waals surface area contributed by atoms with Gasteiger partial charge >= 0.3 is 5.97 Å². The predicted molar refractivity (Wildman–Crippen MR) is 46.4 cm³/mol. The Labute approximate surface area is 74.4 Å². The Kier molecular flexibility index (Phi) is 3.22. The van der Waals surface area contributed by atoms with Gasteiger partial charge in [0.25, 0.3) is 0 Å². The summed E-state index contributed by atoms with van der Waals surface area (Å²) in [5.74, 6) is -0.918. The number of aromatic nitrogens is 1. The summed E-state index contributed by atoms with van der Waals surface area (Å²) in [6, 6.07) is 4.74. The van der Waals surface area contributed by atoms with Gasteiger partial charge in [0.2, 0.25) is 5.56 Å². The molecule has 0 aliphatic carbocycles. The van der Waals surface area contributed by atoms with E-state index < -0.39 is 5.97 Å². The summed E-state index contributed by atoms with van der Waals surface area (Å²) in [5, 5.41) is 11.0. The summed E-state index contributed by atoms with van der Waals surface area (Å²) in [6.07, 6.45) is 0. The summed E-state index contributed by atoms with van der Waals surface area (Å²) in [6.45, 7) is 0.235. The van der Waals surface area contributed by atoms with E-state index in [1.807, 2.05) is 0 Å². The first-order valence-corrected chi connectivity index (χ1v) is 3.79. The molecule has 0 bridgehead atoms. The normalized spacial score (nSPS) is 9.85. The topological polar surface area (TPSA) is 82.2 Å². The first kappa shape index (κ1) is 9.47. The van der Waals surface area contributed by atoms with Crippen molar-refractivity contribution >= 4 is 5.97 Å². The maximum Gasteiger partial charge on any atom is 0.317 e. The van der Waals surface area contributed by atoms with Gasteiger partial charge in [-0.2, -0.15) is 0 Å². The van der Waals surface area contributed by atoms with Gasteiger partial charge in [0.1, 0.15) is 0 Å². The number of carboxylic acids is 1. The third kappa shape index (κ3) is 3.53. The van der Waals surface area contributed by atoms with Crippen LogP contribution >= 0.6 is 0 Å². The lowest BCUT2D eigenvalue weighted by molar-refractivity contribution is -0.135. The molecule has 0 aliphatic heterocycles. The van der Waals surface area contributed by atoms with Gasteiger partial charge in [-0.05, 0) is 6.07 Å². The summed E-state index contributed by atoms with van der Waals surface area (Å²) in [4.78, 5) is 23.5. The van der Waals surface area contributed by atoms with E-state index >= 15 is 0 Å². The molecule has 0 unspecified atom stereocenters. The molecular weight excluding hydrogens is 172 g/mol. The van der Waals surface area contributed by atoms with Gasteiger partial charge in [-0.25, -0.2) is 0 Å². The molecule has 0 atom stereocenters. The molecule has 0 amide bonds. The van der Waals surface area contributed by atoms with Crippen LogP contribution in [0.3, 0.4) is 0 Å². The fourth-order valence-corrected chi connectivity index (χ4v) is 0.900. The second-order valence-electron chi connectivity index (χ2n) is 2.54. The minimum absolute atomic E-state index is 0.114. The fraction of sp³-hybridized carbons (Fsp3) is 0.250. The predicted octanol–water partition coefficient (Wildman–Crippen LogP) is -0.451. The Morgan fingerprint density at radius 2 is 2.31 bits per heavy atom. The number of carbonyl (C=O) groups is 1. The SMILES string of the molecule is O=C(O)CNCc1cccc(=O)[nH]1. The Morgan fingerprint density at radius 1 is 1.54 bits per heavy atom. The van der Waals surface area contributed by atoms with Gasteiger partial charge in [0.15, 0.2) is 0 Å². The zero-order chi connectivity index (χ0) is 9.68. The van der Waals surface area contributed by atoms with E-state index in [1.54, 1.807) is 12.1 Å². The van der Waals surface area contributed by atoms with Crippen molar-refractivity contribution < 1.29 is 9.90 Å². The van der Waals surface area contributed by atoms with Crippen molar-refractivity contribution in [3.8, 4) is 0 Å². The molecule has 0 radical (unpaired) electrons. The van der Waals surface area contributed by atoms with Crippen molar-refractivity contribution in [1.82, 2.24) is 10.3 Å².